The Kier molecular flexibility index (Phi) is 4.62. The predicted molar refractivity (Wildman–Crippen MR) is 103 cm³/mol. The van der Waals surface area contributed by atoms with E-state index in [0.29, 0.717) is 6.42 Å². The molecular formula is C23H30F2O4. The van der Waals surface area contributed by atoms with Gasteiger partial charge in [0.1, 0.15) is 12.3 Å². The molecule has 4 aliphatic rings. The molecular weight excluding hydrogens is 378 g/mol. The van der Waals surface area contributed by atoms with Gasteiger partial charge in [0.2, 0.25) is 0 Å². The number of allylic oxidation sites excluding steroid dienone is 4. The molecule has 0 radical (unpaired) electrons. The van der Waals surface area contributed by atoms with Crippen LogP contribution in [-0.2, 0) is 14.3 Å². The van der Waals surface area contributed by atoms with E-state index in [-0.39, 0.29) is 48.4 Å². The van der Waals surface area contributed by atoms with Crippen LogP contribution in [0.2, 0.25) is 0 Å². The fraction of sp³-hybridized carbons (Fsp3) is 0.739. The molecule has 0 amide bonds. The average molecular weight is 408 g/mol. The lowest BCUT2D eigenvalue weighted by molar-refractivity contribution is -0.212. The van der Waals surface area contributed by atoms with Gasteiger partial charge in [0.25, 0.3) is 0 Å². The van der Waals surface area contributed by atoms with Crippen LogP contribution in [0.15, 0.2) is 23.8 Å². The van der Waals surface area contributed by atoms with Crippen molar-refractivity contribution in [3.63, 3.8) is 0 Å². The third-order valence-corrected chi connectivity index (χ3v) is 8.40. The first-order chi connectivity index (χ1) is 13.5. The van der Waals surface area contributed by atoms with Gasteiger partial charge in [-0.15, -0.1) is 0 Å². The highest BCUT2D eigenvalue weighted by Gasteiger charge is 2.73. The normalized spacial score (nSPS) is 51.0. The summed E-state index contributed by atoms with van der Waals surface area (Å²) < 4.78 is 37.9. The van der Waals surface area contributed by atoms with Crippen LogP contribution >= 0.6 is 0 Å². The van der Waals surface area contributed by atoms with Crippen molar-refractivity contribution in [2.24, 2.45) is 28.6 Å². The summed E-state index contributed by atoms with van der Waals surface area (Å²) >= 11 is 0. The maximum absolute atomic E-state index is 16.9. The summed E-state index contributed by atoms with van der Waals surface area (Å²) in [5.41, 5.74) is -3.93. The third kappa shape index (κ3) is 2.57. The van der Waals surface area contributed by atoms with Gasteiger partial charge in [-0.1, -0.05) is 26.8 Å². The fourth-order valence-corrected chi connectivity index (χ4v) is 7.00. The number of halogens is 2. The Labute approximate surface area is 170 Å². The molecule has 0 heterocycles. The van der Waals surface area contributed by atoms with E-state index in [4.69, 9.17) is 4.74 Å². The maximum atomic E-state index is 16.9. The molecule has 6 heteroatoms. The lowest BCUT2D eigenvalue weighted by Crippen LogP contribution is -2.68. The minimum atomic E-state index is -2.08. The number of carbonyl (C=O) groups is 2. The average Bonchev–Trinajstić information content (AvgIpc) is 2.90. The van der Waals surface area contributed by atoms with Crippen molar-refractivity contribution in [3.8, 4) is 0 Å². The number of hydrogen-bond acceptors (Lipinski definition) is 4. The number of fused-ring (bicyclic) bond motifs is 5. The van der Waals surface area contributed by atoms with E-state index in [9.17, 15) is 14.7 Å². The van der Waals surface area contributed by atoms with Crippen molar-refractivity contribution >= 4 is 11.8 Å². The summed E-state index contributed by atoms with van der Waals surface area (Å²) in [5.74, 6) is -1.60. The van der Waals surface area contributed by atoms with Gasteiger partial charge in [0.05, 0.1) is 6.10 Å². The minimum absolute atomic E-state index is 0.00123. The number of aliphatic hydroxyl groups is 1. The van der Waals surface area contributed by atoms with E-state index >= 15 is 8.78 Å². The van der Waals surface area contributed by atoms with Crippen LogP contribution in [0.25, 0.3) is 0 Å². The second-order valence-electron chi connectivity index (χ2n) is 9.92. The van der Waals surface area contributed by atoms with E-state index in [2.05, 4.69) is 0 Å². The highest BCUT2D eigenvalue weighted by Crippen LogP contribution is 2.69. The molecule has 0 aromatic heterocycles. The Bertz CT molecular complexity index is 807. The Morgan fingerprint density at radius 2 is 2.00 bits per heavy atom. The van der Waals surface area contributed by atoms with Crippen LogP contribution in [0.5, 0.6) is 0 Å². The van der Waals surface area contributed by atoms with E-state index in [1.165, 1.54) is 18.2 Å². The van der Waals surface area contributed by atoms with Gasteiger partial charge < -0.3 is 9.84 Å². The molecule has 4 nitrogen and oxygen atoms in total. The van der Waals surface area contributed by atoms with E-state index < -0.39 is 40.8 Å². The van der Waals surface area contributed by atoms with Gasteiger partial charge >= 0.3 is 5.97 Å². The van der Waals surface area contributed by atoms with Crippen LogP contribution in [0, 0.1) is 28.6 Å². The standard InChI is InChI=1S/C23H30F2O4/c1-5-19(28)29-20-12(2)8-14-15-10-17(24)16-9-13(26)6-7-22(16,4)23(15,25)18(27)11-21(14,20)3/h6-7,9,12,14-15,17-18,20,27H,5,8,10-11H2,1-4H3/t12-,14+,15+,17+,18?,20-,21+,22+,23+/m1/s1. The molecule has 1 N–H and O–H groups in total. The van der Waals surface area contributed by atoms with E-state index in [1.807, 2.05) is 13.8 Å². The van der Waals surface area contributed by atoms with Crippen molar-refractivity contribution < 1.29 is 28.2 Å². The number of carbonyl (C=O) groups excluding carboxylic acids is 2. The second-order valence-corrected chi connectivity index (χ2v) is 9.92. The van der Waals surface area contributed by atoms with Crippen molar-refractivity contribution in [2.75, 3.05) is 0 Å². The number of rotatable bonds is 2. The molecule has 0 aromatic rings. The second kappa shape index (κ2) is 6.47. The molecule has 0 bridgehead atoms. The van der Waals surface area contributed by atoms with Gasteiger partial charge in [-0.2, -0.15) is 0 Å². The molecule has 4 rings (SSSR count). The number of esters is 1. The first-order valence-electron chi connectivity index (χ1n) is 10.6. The minimum Gasteiger partial charge on any atom is -0.461 e. The molecule has 0 aliphatic heterocycles. The molecule has 29 heavy (non-hydrogen) atoms. The van der Waals surface area contributed by atoms with Crippen molar-refractivity contribution in [1.82, 2.24) is 0 Å². The van der Waals surface area contributed by atoms with Crippen LogP contribution in [0.4, 0.5) is 8.78 Å². The molecule has 4 aliphatic carbocycles. The van der Waals surface area contributed by atoms with Crippen molar-refractivity contribution in [2.45, 2.75) is 77.4 Å². The SMILES string of the molecule is CCC(=O)O[C@@H]1[C@H](C)C[C@H]2[C@@H]3C[C@H](F)C4=CC(=O)C=C[C@]4(C)[C@@]3(F)C(O)C[C@]12C. The van der Waals surface area contributed by atoms with E-state index in [0.717, 1.165) is 0 Å². The lowest BCUT2D eigenvalue weighted by Gasteiger charge is -2.62. The first kappa shape index (κ1) is 20.7. The molecule has 1 unspecified atom stereocenters. The molecule has 0 saturated heterocycles. The number of ketones is 1. The topological polar surface area (TPSA) is 63.6 Å². The number of ether oxygens (including phenoxy) is 1. The van der Waals surface area contributed by atoms with E-state index in [1.54, 1.807) is 13.8 Å². The fourth-order valence-electron chi connectivity index (χ4n) is 7.00. The van der Waals surface area contributed by atoms with Gasteiger partial charge in [-0.3, -0.25) is 9.59 Å². The molecule has 9 atom stereocenters. The highest BCUT2D eigenvalue weighted by atomic mass is 19.1. The molecule has 0 aromatic carbocycles. The molecule has 3 fully saturated rings. The van der Waals surface area contributed by atoms with Crippen molar-refractivity contribution in [3.05, 3.63) is 23.8 Å². The largest absolute Gasteiger partial charge is 0.461 e. The summed E-state index contributed by atoms with van der Waals surface area (Å²) in [4.78, 5) is 23.9. The highest BCUT2D eigenvalue weighted by molar-refractivity contribution is 6.01. The smallest absolute Gasteiger partial charge is 0.305 e. The summed E-state index contributed by atoms with van der Waals surface area (Å²) in [6.07, 6.45) is 1.65. The Balaban J connectivity index is 1.78. The van der Waals surface area contributed by atoms with Gasteiger partial charge in [-0.05, 0) is 55.7 Å². The molecule has 160 valence electrons. The zero-order chi connectivity index (χ0) is 21.4. The zero-order valence-electron chi connectivity index (χ0n) is 17.5. The van der Waals surface area contributed by atoms with Crippen LogP contribution < -0.4 is 0 Å². The maximum Gasteiger partial charge on any atom is 0.305 e. The van der Waals surface area contributed by atoms with Gasteiger partial charge in [-0.25, -0.2) is 8.78 Å². The third-order valence-electron chi connectivity index (χ3n) is 8.40. The summed E-state index contributed by atoms with van der Waals surface area (Å²) in [7, 11) is 0. The monoisotopic (exact) mass is 408 g/mol. The Morgan fingerprint density at radius 1 is 1.31 bits per heavy atom. The predicted octanol–water partition coefficient (Wildman–Crippen LogP) is 3.87. The van der Waals surface area contributed by atoms with Crippen LogP contribution in [-0.4, -0.2) is 40.9 Å². The quantitative estimate of drug-likeness (QED) is 0.705. The van der Waals surface area contributed by atoms with Gasteiger partial charge in [0, 0.05) is 23.2 Å². The number of aliphatic hydroxyl groups excluding tert-OH is 1. The van der Waals surface area contributed by atoms with Crippen LogP contribution in [0.3, 0.4) is 0 Å². The summed E-state index contributed by atoms with van der Waals surface area (Å²) in [6.45, 7) is 7.24. The first-order valence-corrected chi connectivity index (χ1v) is 10.6. The van der Waals surface area contributed by atoms with Crippen LogP contribution in [0.1, 0.15) is 53.4 Å². The lowest BCUT2D eigenvalue weighted by atomic mass is 9.45. The Morgan fingerprint density at radius 3 is 2.66 bits per heavy atom. The Hall–Kier alpha value is -1.56. The van der Waals surface area contributed by atoms with Gasteiger partial charge in [0.15, 0.2) is 11.5 Å². The zero-order valence-corrected chi connectivity index (χ0v) is 17.5. The van der Waals surface area contributed by atoms with Crippen molar-refractivity contribution in [1.29, 1.82) is 0 Å². The summed E-state index contributed by atoms with van der Waals surface area (Å²) in [6, 6.07) is 0. The molecule has 3 saturated carbocycles. The molecule has 0 spiro atoms. The number of hydrogen-bond donors (Lipinski definition) is 1. The number of alkyl halides is 2. The summed E-state index contributed by atoms with van der Waals surface area (Å²) in [5, 5.41) is 11.1.